The number of aromatic nitrogens is 2. The van der Waals surface area contributed by atoms with Crippen LogP contribution in [0.15, 0.2) is 103 Å². The number of halogens is 1. The van der Waals surface area contributed by atoms with Gasteiger partial charge in [0.05, 0.1) is 14.2 Å². The Hall–Kier alpha value is -4.24. The van der Waals surface area contributed by atoms with Crippen LogP contribution < -0.4 is 9.47 Å². The topological polar surface area (TPSA) is 70.5 Å². The molecule has 2 heterocycles. The van der Waals surface area contributed by atoms with Crippen LogP contribution in [0.25, 0.3) is 22.3 Å². The molecule has 0 radical (unpaired) electrons. The standard InChI is InChI=1S/C21H19NO3.C13H12INO/c1-15-19(17-8-10-18(24-2)11-9-17)12-13-20(22-15)21(23)25-14-16-6-4-3-5-7-16;1-9-12(7-8-13(14)15-9)10-3-5-11(16-2)6-4-10/h3-13H,14H2,1-2H3;3-8H,1-2H3. The van der Waals surface area contributed by atoms with Crippen LogP contribution in [0.3, 0.4) is 0 Å². The second-order valence-corrected chi connectivity index (χ2v) is 10.2. The highest BCUT2D eigenvalue weighted by atomic mass is 127. The monoisotopic (exact) mass is 658 g/mol. The maximum Gasteiger partial charge on any atom is 0.357 e. The quantitative estimate of drug-likeness (QED) is 0.100. The summed E-state index contributed by atoms with van der Waals surface area (Å²) in [7, 11) is 3.31. The van der Waals surface area contributed by atoms with E-state index in [9.17, 15) is 4.79 Å². The lowest BCUT2D eigenvalue weighted by atomic mass is 10.0. The first-order valence-electron chi connectivity index (χ1n) is 13.0. The summed E-state index contributed by atoms with van der Waals surface area (Å²) in [5.74, 6) is 1.25. The minimum absolute atomic E-state index is 0.237. The summed E-state index contributed by atoms with van der Waals surface area (Å²) in [5.41, 5.74) is 7.42. The van der Waals surface area contributed by atoms with Gasteiger partial charge in [0.1, 0.15) is 27.5 Å². The second-order valence-electron chi connectivity index (χ2n) is 9.12. The SMILES string of the molecule is COc1ccc(-c2ccc(C(=O)OCc3ccccc3)nc2C)cc1.COc1ccc(-c2ccc(I)nc2C)cc1. The molecule has 0 fully saturated rings. The average molecular weight is 659 g/mol. The lowest BCUT2D eigenvalue weighted by Crippen LogP contribution is -2.08. The largest absolute Gasteiger partial charge is 0.497 e. The van der Waals surface area contributed by atoms with E-state index in [-0.39, 0.29) is 6.61 Å². The van der Waals surface area contributed by atoms with Gasteiger partial charge < -0.3 is 14.2 Å². The second kappa shape index (κ2) is 14.4. The molecule has 0 aliphatic heterocycles. The van der Waals surface area contributed by atoms with Gasteiger partial charge in [-0.2, -0.15) is 0 Å². The molecule has 5 rings (SSSR count). The number of rotatable bonds is 7. The van der Waals surface area contributed by atoms with Gasteiger partial charge in [0, 0.05) is 22.5 Å². The number of hydrogen-bond acceptors (Lipinski definition) is 6. The highest BCUT2D eigenvalue weighted by Crippen LogP contribution is 2.26. The summed E-state index contributed by atoms with van der Waals surface area (Å²) in [6.45, 7) is 4.15. The van der Waals surface area contributed by atoms with E-state index in [1.165, 1.54) is 11.1 Å². The number of ether oxygens (including phenoxy) is 3. The van der Waals surface area contributed by atoms with Crippen molar-refractivity contribution in [2.45, 2.75) is 20.5 Å². The molecule has 3 aromatic carbocycles. The Labute approximate surface area is 254 Å². The van der Waals surface area contributed by atoms with Crippen LogP contribution in [0.1, 0.15) is 27.4 Å². The van der Waals surface area contributed by atoms with Gasteiger partial charge >= 0.3 is 5.97 Å². The van der Waals surface area contributed by atoms with E-state index in [1.54, 1.807) is 20.3 Å². The Morgan fingerprint density at radius 3 is 1.66 bits per heavy atom. The fourth-order valence-electron chi connectivity index (χ4n) is 4.15. The van der Waals surface area contributed by atoms with Gasteiger partial charge in [-0.25, -0.2) is 14.8 Å². The van der Waals surface area contributed by atoms with E-state index in [0.717, 1.165) is 43.3 Å². The normalized spacial score (nSPS) is 10.3. The first kappa shape index (κ1) is 29.7. The lowest BCUT2D eigenvalue weighted by molar-refractivity contribution is 0.0465. The van der Waals surface area contributed by atoms with E-state index < -0.39 is 5.97 Å². The van der Waals surface area contributed by atoms with Crippen LogP contribution in [-0.2, 0) is 11.3 Å². The maximum atomic E-state index is 12.2. The Balaban J connectivity index is 0.000000208. The number of carbonyl (C=O) groups excluding carboxylic acids is 1. The molecule has 0 bridgehead atoms. The minimum Gasteiger partial charge on any atom is -0.497 e. The predicted octanol–water partition coefficient (Wildman–Crippen LogP) is 8.09. The zero-order chi connectivity index (χ0) is 29.2. The predicted molar refractivity (Wildman–Crippen MR) is 170 cm³/mol. The molecule has 2 aromatic heterocycles. The van der Waals surface area contributed by atoms with Gasteiger partial charge in [-0.05, 0) is 95.6 Å². The van der Waals surface area contributed by atoms with Gasteiger partial charge in [0.15, 0.2) is 0 Å². The van der Waals surface area contributed by atoms with Crippen LogP contribution in [0, 0.1) is 17.5 Å². The third kappa shape index (κ3) is 8.14. The molecule has 41 heavy (non-hydrogen) atoms. The van der Waals surface area contributed by atoms with Gasteiger partial charge in [-0.3, -0.25) is 0 Å². The summed E-state index contributed by atoms with van der Waals surface area (Å²) in [4.78, 5) is 21.0. The minimum atomic E-state index is -0.423. The molecule has 0 aliphatic rings. The number of aryl methyl sites for hydroxylation is 2. The number of hydrogen-bond donors (Lipinski definition) is 0. The molecule has 0 amide bonds. The van der Waals surface area contributed by atoms with Gasteiger partial charge in [-0.15, -0.1) is 0 Å². The van der Waals surface area contributed by atoms with Crippen molar-refractivity contribution in [2.75, 3.05) is 14.2 Å². The molecule has 0 saturated heterocycles. The molecule has 5 aromatic rings. The zero-order valence-corrected chi connectivity index (χ0v) is 25.6. The molecule has 0 N–H and O–H groups in total. The molecule has 7 heteroatoms. The molecule has 0 saturated carbocycles. The Kier molecular flexibility index (Phi) is 10.5. The molecule has 208 valence electrons. The van der Waals surface area contributed by atoms with E-state index in [4.69, 9.17) is 14.2 Å². The fourth-order valence-corrected chi connectivity index (χ4v) is 4.70. The number of nitrogens with zero attached hydrogens (tertiary/aromatic N) is 2. The number of carbonyl (C=O) groups is 1. The van der Waals surface area contributed by atoms with E-state index in [0.29, 0.717) is 5.69 Å². The Morgan fingerprint density at radius 1 is 0.659 bits per heavy atom. The van der Waals surface area contributed by atoms with Crippen molar-refractivity contribution in [2.24, 2.45) is 0 Å². The van der Waals surface area contributed by atoms with Crippen molar-refractivity contribution in [3.63, 3.8) is 0 Å². The summed E-state index contributed by atoms with van der Waals surface area (Å²) in [6.07, 6.45) is 0. The third-order valence-electron chi connectivity index (χ3n) is 6.36. The molecular formula is C34H31IN2O4. The fraction of sp³-hybridized carbons (Fsp3) is 0.147. The van der Waals surface area contributed by atoms with Crippen molar-refractivity contribution in [3.05, 3.63) is 129 Å². The number of methoxy groups -OCH3 is 2. The Bertz CT molecular complexity index is 1590. The molecule has 0 atom stereocenters. The van der Waals surface area contributed by atoms with Crippen LogP contribution in [0.2, 0.25) is 0 Å². The highest BCUT2D eigenvalue weighted by Gasteiger charge is 2.12. The van der Waals surface area contributed by atoms with Gasteiger partial charge in [0.25, 0.3) is 0 Å². The van der Waals surface area contributed by atoms with Crippen molar-refractivity contribution < 1.29 is 19.0 Å². The van der Waals surface area contributed by atoms with Crippen LogP contribution in [0.5, 0.6) is 11.5 Å². The number of pyridine rings is 2. The third-order valence-corrected chi connectivity index (χ3v) is 6.96. The first-order valence-corrected chi connectivity index (χ1v) is 14.1. The molecular weight excluding hydrogens is 627 g/mol. The van der Waals surface area contributed by atoms with Gasteiger partial charge in [-0.1, -0.05) is 60.7 Å². The molecule has 6 nitrogen and oxygen atoms in total. The number of esters is 1. The highest BCUT2D eigenvalue weighted by molar-refractivity contribution is 14.1. The van der Waals surface area contributed by atoms with Gasteiger partial charge in [0.2, 0.25) is 0 Å². The number of benzene rings is 3. The van der Waals surface area contributed by atoms with E-state index in [2.05, 4.69) is 50.8 Å². The van der Waals surface area contributed by atoms with Crippen LogP contribution in [-0.4, -0.2) is 30.2 Å². The lowest BCUT2D eigenvalue weighted by Gasteiger charge is -2.09. The Morgan fingerprint density at radius 2 is 1.17 bits per heavy atom. The molecule has 0 spiro atoms. The maximum absolute atomic E-state index is 12.2. The van der Waals surface area contributed by atoms with E-state index in [1.807, 2.05) is 92.7 Å². The van der Waals surface area contributed by atoms with Crippen LogP contribution in [0.4, 0.5) is 0 Å². The zero-order valence-electron chi connectivity index (χ0n) is 23.4. The summed E-state index contributed by atoms with van der Waals surface area (Å²) in [6, 6.07) is 33.1. The van der Waals surface area contributed by atoms with Crippen molar-refractivity contribution in [1.82, 2.24) is 9.97 Å². The van der Waals surface area contributed by atoms with Crippen molar-refractivity contribution in [1.29, 1.82) is 0 Å². The average Bonchev–Trinajstić information content (AvgIpc) is 3.01. The summed E-state index contributed by atoms with van der Waals surface area (Å²) in [5, 5.41) is 0. The van der Waals surface area contributed by atoms with E-state index >= 15 is 0 Å². The first-order chi connectivity index (χ1) is 19.9. The summed E-state index contributed by atoms with van der Waals surface area (Å²) >= 11 is 2.22. The summed E-state index contributed by atoms with van der Waals surface area (Å²) < 4.78 is 16.7. The molecule has 0 unspecified atom stereocenters. The van der Waals surface area contributed by atoms with Crippen molar-refractivity contribution >= 4 is 28.6 Å². The van der Waals surface area contributed by atoms with Crippen LogP contribution >= 0.6 is 22.6 Å². The smallest absolute Gasteiger partial charge is 0.357 e. The van der Waals surface area contributed by atoms with Crippen molar-refractivity contribution in [3.8, 4) is 33.8 Å². The molecule has 0 aliphatic carbocycles.